The molecule has 0 aliphatic carbocycles. The minimum Gasteiger partial charge on any atom is -0.302 e. The van der Waals surface area contributed by atoms with Gasteiger partial charge >= 0.3 is 6.03 Å². The van der Waals surface area contributed by atoms with E-state index in [0.29, 0.717) is 5.69 Å². The van der Waals surface area contributed by atoms with Crippen LogP contribution in [0, 0.1) is 0 Å². The molecule has 1 N–H and O–H groups in total. The minimum absolute atomic E-state index is 0.117. The zero-order valence-electron chi connectivity index (χ0n) is 12.6. The lowest BCUT2D eigenvalue weighted by atomic mass is 10.2. The molecule has 7 nitrogen and oxygen atoms in total. The normalized spacial score (nSPS) is 16.5. The van der Waals surface area contributed by atoms with E-state index in [1.165, 1.54) is 24.3 Å². The van der Waals surface area contributed by atoms with E-state index in [2.05, 4.69) is 10.3 Å². The van der Waals surface area contributed by atoms with Crippen LogP contribution in [0.25, 0.3) is 6.08 Å². The Kier molecular flexibility index (Phi) is 3.90. The Balaban J connectivity index is 1.91. The molecule has 1 saturated heterocycles. The van der Waals surface area contributed by atoms with Gasteiger partial charge in [0.2, 0.25) is 0 Å². The predicted octanol–water partition coefficient (Wildman–Crippen LogP) is 1.58. The van der Waals surface area contributed by atoms with Crippen molar-refractivity contribution in [3.63, 3.8) is 0 Å². The lowest BCUT2D eigenvalue weighted by Gasteiger charge is -2.12. The molecule has 0 saturated carbocycles. The van der Waals surface area contributed by atoms with E-state index in [1.54, 1.807) is 30.6 Å². The molecule has 0 radical (unpaired) electrons. The molecule has 2 heterocycles. The van der Waals surface area contributed by atoms with E-state index >= 15 is 0 Å². The molecular weight excluding hydrogens is 330 g/mol. The first-order valence-corrected chi connectivity index (χ1v) is 8.83. The van der Waals surface area contributed by atoms with Gasteiger partial charge in [-0.15, -0.1) is 0 Å². The highest BCUT2D eigenvalue weighted by Gasteiger charge is 2.34. The van der Waals surface area contributed by atoms with E-state index < -0.39 is 21.8 Å². The maximum Gasteiger partial charge on any atom is 0.333 e. The van der Waals surface area contributed by atoms with Crippen LogP contribution < -0.4 is 10.2 Å². The molecule has 122 valence electrons. The van der Waals surface area contributed by atoms with Crippen LogP contribution in [-0.4, -0.2) is 31.6 Å². The van der Waals surface area contributed by atoms with Crippen molar-refractivity contribution in [2.75, 3.05) is 11.2 Å². The van der Waals surface area contributed by atoms with E-state index in [9.17, 15) is 18.0 Å². The summed E-state index contributed by atoms with van der Waals surface area (Å²) in [5, 5.41) is 2.51. The number of carbonyl (C=O) groups excluding carboxylic acids is 2. The SMILES string of the molecule is CS(=O)(=O)c1ccc(N2C(=O)N/C(=C\c3ccncc3)C2=O)cc1. The summed E-state index contributed by atoms with van der Waals surface area (Å²) >= 11 is 0. The van der Waals surface area contributed by atoms with Crippen molar-refractivity contribution >= 4 is 33.5 Å². The molecular formula is C16H13N3O4S. The number of carbonyl (C=O) groups is 2. The summed E-state index contributed by atoms with van der Waals surface area (Å²) in [6.45, 7) is 0. The average molecular weight is 343 g/mol. The fraction of sp³-hybridized carbons (Fsp3) is 0.0625. The van der Waals surface area contributed by atoms with Crippen LogP contribution in [0.1, 0.15) is 5.56 Å². The molecule has 1 aliphatic heterocycles. The number of pyridine rings is 1. The summed E-state index contributed by atoms with van der Waals surface area (Å²) in [5.74, 6) is -0.510. The zero-order valence-corrected chi connectivity index (χ0v) is 13.4. The van der Waals surface area contributed by atoms with Gasteiger partial charge in [-0.25, -0.2) is 18.1 Å². The number of rotatable bonds is 3. The molecule has 0 unspecified atom stereocenters. The number of nitrogens with one attached hydrogen (secondary N) is 1. The monoisotopic (exact) mass is 343 g/mol. The Hall–Kier alpha value is -3.00. The largest absolute Gasteiger partial charge is 0.333 e. The minimum atomic E-state index is -3.34. The number of sulfone groups is 1. The van der Waals surface area contributed by atoms with Gasteiger partial charge in [0.05, 0.1) is 10.6 Å². The highest BCUT2D eigenvalue weighted by Crippen LogP contribution is 2.23. The second-order valence-electron chi connectivity index (χ2n) is 5.18. The highest BCUT2D eigenvalue weighted by atomic mass is 32.2. The van der Waals surface area contributed by atoms with Crippen LogP contribution in [0.5, 0.6) is 0 Å². The van der Waals surface area contributed by atoms with Crippen molar-refractivity contribution in [1.82, 2.24) is 10.3 Å². The lowest BCUT2D eigenvalue weighted by Crippen LogP contribution is -2.30. The average Bonchev–Trinajstić information content (AvgIpc) is 2.82. The number of urea groups is 1. The van der Waals surface area contributed by atoms with Gasteiger partial charge in [-0.1, -0.05) is 0 Å². The van der Waals surface area contributed by atoms with Crippen molar-refractivity contribution in [2.45, 2.75) is 4.90 Å². The second-order valence-corrected chi connectivity index (χ2v) is 7.19. The van der Waals surface area contributed by atoms with Crippen LogP contribution in [0.4, 0.5) is 10.5 Å². The number of hydrogen-bond donors (Lipinski definition) is 1. The van der Waals surface area contributed by atoms with Gasteiger partial charge in [-0.3, -0.25) is 9.78 Å². The van der Waals surface area contributed by atoms with Crippen LogP contribution in [0.3, 0.4) is 0 Å². The summed E-state index contributed by atoms with van der Waals surface area (Å²) in [6, 6.07) is 8.37. The number of aromatic nitrogens is 1. The molecule has 2 aromatic rings. The fourth-order valence-electron chi connectivity index (χ4n) is 2.24. The number of amides is 3. The molecule has 3 rings (SSSR count). The van der Waals surface area contributed by atoms with E-state index in [-0.39, 0.29) is 10.6 Å². The van der Waals surface area contributed by atoms with Gasteiger partial charge in [0.25, 0.3) is 5.91 Å². The topological polar surface area (TPSA) is 96.4 Å². The third kappa shape index (κ3) is 3.04. The quantitative estimate of drug-likeness (QED) is 0.674. The molecule has 1 aromatic heterocycles. The Labute approximate surface area is 138 Å². The number of imide groups is 1. The van der Waals surface area contributed by atoms with E-state index in [0.717, 1.165) is 16.7 Å². The molecule has 0 bridgehead atoms. The summed E-state index contributed by atoms with van der Waals surface area (Å²) < 4.78 is 23.0. The van der Waals surface area contributed by atoms with Gasteiger partial charge < -0.3 is 5.32 Å². The summed E-state index contributed by atoms with van der Waals surface area (Å²) in [7, 11) is -3.34. The first-order chi connectivity index (χ1) is 11.4. The zero-order chi connectivity index (χ0) is 17.3. The molecule has 0 spiro atoms. The molecule has 1 fully saturated rings. The third-order valence-corrected chi connectivity index (χ3v) is 4.55. The number of benzene rings is 1. The van der Waals surface area contributed by atoms with Crippen molar-refractivity contribution in [1.29, 1.82) is 0 Å². The van der Waals surface area contributed by atoms with E-state index in [4.69, 9.17) is 0 Å². The Morgan fingerprint density at radius 3 is 2.25 bits per heavy atom. The first-order valence-electron chi connectivity index (χ1n) is 6.93. The summed E-state index contributed by atoms with van der Waals surface area (Å²) in [6.07, 6.45) is 5.79. The second kappa shape index (κ2) is 5.89. The van der Waals surface area contributed by atoms with Gasteiger partial charge in [-0.05, 0) is 48.0 Å². The predicted molar refractivity (Wildman–Crippen MR) is 87.8 cm³/mol. The number of anilines is 1. The molecule has 24 heavy (non-hydrogen) atoms. The van der Waals surface area contributed by atoms with Crippen LogP contribution >= 0.6 is 0 Å². The van der Waals surface area contributed by atoms with Crippen LogP contribution in [0.15, 0.2) is 59.4 Å². The maximum absolute atomic E-state index is 12.4. The lowest BCUT2D eigenvalue weighted by molar-refractivity contribution is -0.113. The number of hydrogen-bond acceptors (Lipinski definition) is 5. The van der Waals surface area contributed by atoms with Gasteiger partial charge in [0, 0.05) is 18.6 Å². The van der Waals surface area contributed by atoms with Gasteiger partial charge in [0.1, 0.15) is 5.70 Å². The Morgan fingerprint density at radius 1 is 1.04 bits per heavy atom. The molecule has 3 amide bonds. The summed E-state index contributed by atoms with van der Waals surface area (Å²) in [5.41, 5.74) is 1.16. The van der Waals surface area contributed by atoms with Crippen molar-refractivity contribution in [3.05, 3.63) is 60.1 Å². The van der Waals surface area contributed by atoms with Gasteiger partial charge in [0.15, 0.2) is 9.84 Å². The Morgan fingerprint density at radius 2 is 1.67 bits per heavy atom. The third-order valence-electron chi connectivity index (χ3n) is 3.42. The molecule has 1 aromatic carbocycles. The van der Waals surface area contributed by atoms with Crippen molar-refractivity contribution < 1.29 is 18.0 Å². The van der Waals surface area contributed by atoms with E-state index in [1.807, 2.05) is 0 Å². The smallest absolute Gasteiger partial charge is 0.302 e. The Bertz CT molecular complexity index is 935. The standard InChI is InChI=1S/C16H13N3O4S/c1-24(22,23)13-4-2-12(3-5-13)19-15(20)14(18-16(19)21)10-11-6-8-17-9-7-11/h2-10H,1H3,(H,18,21)/b14-10-. The molecule has 8 heteroatoms. The molecule has 1 aliphatic rings. The first kappa shape index (κ1) is 15.9. The van der Waals surface area contributed by atoms with Crippen LogP contribution in [-0.2, 0) is 14.6 Å². The van der Waals surface area contributed by atoms with Crippen molar-refractivity contribution in [2.24, 2.45) is 0 Å². The molecule has 0 atom stereocenters. The fourth-order valence-corrected chi connectivity index (χ4v) is 2.87. The van der Waals surface area contributed by atoms with Gasteiger partial charge in [-0.2, -0.15) is 0 Å². The van der Waals surface area contributed by atoms with Crippen LogP contribution in [0.2, 0.25) is 0 Å². The summed E-state index contributed by atoms with van der Waals surface area (Å²) in [4.78, 5) is 29.5. The highest BCUT2D eigenvalue weighted by molar-refractivity contribution is 7.90. The maximum atomic E-state index is 12.4. The van der Waals surface area contributed by atoms with Crippen molar-refractivity contribution in [3.8, 4) is 0 Å². The number of nitrogens with zero attached hydrogens (tertiary/aromatic N) is 2.